The summed E-state index contributed by atoms with van der Waals surface area (Å²) in [6.07, 6.45) is -1.08. The summed E-state index contributed by atoms with van der Waals surface area (Å²) in [4.78, 5) is 16.3. The predicted molar refractivity (Wildman–Crippen MR) is 108 cm³/mol. The first kappa shape index (κ1) is 20.9. The van der Waals surface area contributed by atoms with Crippen LogP contribution in [-0.2, 0) is 23.7 Å². The summed E-state index contributed by atoms with van der Waals surface area (Å²) in [7, 11) is 0. The van der Waals surface area contributed by atoms with Gasteiger partial charge >= 0.3 is 6.16 Å². The van der Waals surface area contributed by atoms with E-state index in [1.165, 1.54) is 6.33 Å². The van der Waals surface area contributed by atoms with Gasteiger partial charge in [-0.3, -0.25) is 0 Å². The molecule has 1 spiro atoms. The Morgan fingerprint density at radius 3 is 2.91 bits per heavy atom. The third-order valence-electron chi connectivity index (χ3n) is 6.46. The molecule has 2 aromatic heterocycles. The van der Waals surface area contributed by atoms with Crippen molar-refractivity contribution < 1.29 is 28.5 Å². The summed E-state index contributed by atoms with van der Waals surface area (Å²) in [6, 6.07) is 5.73. The molecule has 170 valence electrons. The minimum atomic E-state index is -1.53. The molecule has 2 N–H and O–H groups in total. The van der Waals surface area contributed by atoms with E-state index in [1.54, 1.807) is 30.5 Å². The van der Waals surface area contributed by atoms with Crippen LogP contribution in [0.1, 0.15) is 45.9 Å². The Hall–Kier alpha value is -2.94. The minimum Gasteiger partial charge on any atom is -0.434 e. The smallest absolute Gasteiger partial charge is 0.434 e. The fraction of sp³-hybridized carbons (Fsp3) is 0.619. The average molecular weight is 443 g/mol. The summed E-state index contributed by atoms with van der Waals surface area (Å²) in [5, 5.41) is 14.4. The maximum atomic E-state index is 12.3. The number of anilines is 1. The van der Waals surface area contributed by atoms with Crippen LogP contribution in [0.15, 0.2) is 18.5 Å². The number of carbonyl (C=O) groups is 1. The van der Waals surface area contributed by atoms with E-state index >= 15 is 0 Å². The maximum absolute atomic E-state index is 12.3. The van der Waals surface area contributed by atoms with E-state index in [0.717, 1.165) is 6.42 Å². The number of nitrogens with zero attached hydrogens (tertiary/aromatic N) is 4. The Labute approximate surface area is 184 Å². The number of ether oxygens (including phenoxy) is 5. The SMILES string of the molecule is CC[C@H](C)COC(=O)OC1[C@@]2(C#N)O[C@@H](c3ccc4c(N)ncnn34)[C@@H]3OC(C)(C)O[C@@]132. The molecule has 0 aromatic carbocycles. The van der Waals surface area contributed by atoms with Crippen LogP contribution in [0.2, 0.25) is 0 Å². The van der Waals surface area contributed by atoms with Crippen molar-refractivity contribution in [1.29, 1.82) is 5.26 Å². The molecule has 5 rings (SSSR count). The van der Waals surface area contributed by atoms with Crippen LogP contribution >= 0.6 is 0 Å². The zero-order valence-electron chi connectivity index (χ0n) is 18.3. The first-order chi connectivity index (χ1) is 15.2. The molecule has 1 unspecified atom stereocenters. The zero-order chi connectivity index (χ0) is 22.9. The lowest BCUT2D eigenvalue weighted by Gasteiger charge is -2.24. The standard InChI is InChI=1S/C21H25N5O6/c1-5-11(2)8-28-18(27)29-17-20(9-22)21(17)15(31-19(3,4)32-21)14(30-20)12-6-7-13-16(23)24-10-25-26(12)13/h6-7,10-11,14-15,17H,5,8H2,1-4H3,(H2,23,24,25)/t11-,14-,15-,17?,20+,21+/m0/s1. The second kappa shape index (κ2) is 6.78. The second-order valence-corrected chi connectivity index (χ2v) is 8.99. The highest BCUT2D eigenvalue weighted by Crippen LogP contribution is 2.71. The van der Waals surface area contributed by atoms with E-state index in [4.69, 9.17) is 29.4 Å². The van der Waals surface area contributed by atoms with E-state index < -0.39 is 41.5 Å². The molecule has 2 aromatic rings. The van der Waals surface area contributed by atoms with Gasteiger partial charge in [0.25, 0.3) is 0 Å². The van der Waals surface area contributed by atoms with Crippen molar-refractivity contribution in [3.05, 3.63) is 24.2 Å². The number of rotatable bonds is 5. The molecule has 1 aliphatic carbocycles. The highest BCUT2D eigenvalue weighted by Gasteiger charge is 2.96. The Kier molecular flexibility index (Phi) is 4.43. The van der Waals surface area contributed by atoms with Crippen molar-refractivity contribution in [2.75, 3.05) is 12.3 Å². The van der Waals surface area contributed by atoms with Crippen LogP contribution in [0.3, 0.4) is 0 Å². The quantitative estimate of drug-likeness (QED) is 0.682. The Bertz CT molecular complexity index is 1130. The summed E-state index contributed by atoms with van der Waals surface area (Å²) in [5.41, 5.74) is 4.36. The zero-order valence-corrected chi connectivity index (χ0v) is 18.3. The number of hydrogen-bond acceptors (Lipinski definition) is 10. The summed E-state index contributed by atoms with van der Waals surface area (Å²) in [6.45, 7) is 7.68. The molecule has 11 nitrogen and oxygen atoms in total. The molecule has 0 amide bonds. The largest absolute Gasteiger partial charge is 0.508 e. The van der Waals surface area contributed by atoms with Crippen molar-refractivity contribution in [2.24, 2.45) is 5.92 Å². The Morgan fingerprint density at radius 2 is 2.19 bits per heavy atom. The van der Waals surface area contributed by atoms with Crippen molar-refractivity contribution in [3.63, 3.8) is 0 Å². The monoisotopic (exact) mass is 443 g/mol. The molecule has 0 radical (unpaired) electrons. The highest BCUT2D eigenvalue weighted by atomic mass is 16.8. The van der Waals surface area contributed by atoms with Gasteiger partial charge in [0, 0.05) is 0 Å². The van der Waals surface area contributed by atoms with Crippen LogP contribution in [0, 0.1) is 17.2 Å². The van der Waals surface area contributed by atoms with Gasteiger partial charge in [0.05, 0.1) is 12.3 Å². The molecule has 2 aliphatic heterocycles. The van der Waals surface area contributed by atoms with Gasteiger partial charge < -0.3 is 29.4 Å². The van der Waals surface area contributed by atoms with Crippen LogP contribution in [0.25, 0.3) is 5.52 Å². The number of aromatic nitrogens is 3. The van der Waals surface area contributed by atoms with Gasteiger partial charge in [0.15, 0.2) is 23.3 Å². The molecular formula is C21H25N5O6. The van der Waals surface area contributed by atoms with Crippen LogP contribution in [-0.4, -0.2) is 56.6 Å². The molecule has 6 atom stereocenters. The first-order valence-electron chi connectivity index (χ1n) is 10.6. The normalized spacial score (nSPS) is 35.0. The van der Waals surface area contributed by atoms with E-state index in [0.29, 0.717) is 17.0 Å². The maximum Gasteiger partial charge on any atom is 0.508 e. The van der Waals surface area contributed by atoms with Crippen LogP contribution in [0.4, 0.5) is 10.6 Å². The molecule has 11 heteroatoms. The van der Waals surface area contributed by atoms with Gasteiger partial charge in [-0.15, -0.1) is 0 Å². The summed E-state index contributed by atoms with van der Waals surface area (Å²) in [5.74, 6) is -0.512. The number of nitriles is 1. The van der Waals surface area contributed by atoms with E-state index in [2.05, 4.69) is 16.2 Å². The van der Waals surface area contributed by atoms with Gasteiger partial charge in [-0.25, -0.2) is 14.3 Å². The summed E-state index contributed by atoms with van der Waals surface area (Å²) < 4.78 is 30.9. The highest BCUT2D eigenvalue weighted by molar-refractivity contribution is 5.66. The predicted octanol–water partition coefficient (Wildman–Crippen LogP) is 2.12. The minimum absolute atomic E-state index is 0.194. The average Bonchev–Trinajstić information content (AvgIpc) is 3.11. The third-order valence-corrected chi connectivity index (χ3v) is 6.46. The molecule has 2 saturated heterocycles. The lowest BCUT2D eigenvalue weighted by Crippen LogP contribution is -2.34. The van der Waals surface area contributed by atoms with Crippen molar-refractivity contribution in [1.82, 2.24) is 14.6 Å². The lowest BCUT2D eigenvalue weighted by atomic mass is 10.0. The first-order valence-corrected chi connectivity index (χ1v) is 10.6. The molecule has 3 fully saturated rings. The molecule has 3 aliphatic rings. The van der Waals surface area contributed by atoms with Crippen molar-refractivity contribution >= 4 is 17.5 Å². The number of fused-ring (bicyclic) bond motifs is 1. The van der Waals surface area contributed by atoms with Crippen molar-refractivity contribution in [2.45, 2.75) is 69.4 Å². The number of carbonyl (C=O) groups excluding carboxylic acids is 1. The fourth-order valence-corrected chi connectivity index (χ4v) is 4.69. The Balaban J connectivity index is 1.46. The van der Waals surface area contributed by atoms with Gasteiger partial charge in [-0.2, -0.15) is 10.4 Å². The fourth-order valence-electron chi connectivity index (χ4n) is 4.69. The Morgan fingerprint density at radius 1 is 1.41 bits per heavy atom. The van der Waals surface area contributed by atoms with Crippen LogP contribution < -0.4 is 5.73 Å². The van der Waals surface area contributed by atoms with Crippen molar-refractivity contribution in [3.8, 4) is 6.07 Å². The topological polar surface area (TPSA) is 143 Å². The molecule has 32 heavy (non-hydrogen) atoms. The van der Waals surface area contributed by atoms with Crippen LogP contribution in [0.5, 0.6) is 0 Å². The number of nitrogen functional groups attached to an aromatic ring is 1. The van der Waals surface area contributed by atoms with Gasteiger partial charge in [-0.1, -0.05) is 20.3 Å². The van der Waals surface area contributed by atoms with E-state index in [-0.39, 0.29) is 12.5 Å². The second-order valence-electron chi connectivity index (χ2n) is 8.99. The lowest BCUT2D eigenvalue weighted by molar-refractivity contribution is -0.182. The molecular weight excluding hydrogens is 418 g/mol. The molecule has 4 heterocycles. The van der Waals surface area contributed by atoms with Gasteiger partial charge in [-0.05, 0) is 31.9 Å². The molecule has 1 saturated carbocycles. The number of nitrogens with two attached hydrogens (primary N) is 1. The van der Waals surface area contributed by atoms with E-state index in [1.807, 2.05) is 13.8 Å². The third kappa shape index (κ3) is 2.66. The summed E-state index contributed by atoms with van der Waals surface area (Å²) >= 11 is 0. The van der Waals surface area contributed by atoms with E-state index in [9.17, 15) is 10.1 Å². The van der Waals surface area contributed by atoms with Gasteiger partial charge in [0.1, 0.15) is 30.1 Å². The number of hydrogen-bond donors (Lipinski definition) is 1. The van der Waals surface area contributed by atoms with Gasteiger partial charge in [0.2, 0.25) is 5.60 Å². The molecule has 0 bridgehead atoms.